The van der Waals surface area contributed by atoms with Crippen molar-refractivity contribution in [2.24, 2.45) is 0 Å². The van der Waals surface area contributed by atoms with Crippen LogP contribution in [0.4, 0.5) is 0 Å². The van der Waals surface area contributed by atoms with Crippen LogP contribution in [0, 0.1) is 0 Å². The summed E-state index contributed by atoms with van der Waals surface area (Å²) in [5.41, 5.74) is 2.67. The van der Waals surface area contributed by atoms with E-state index in [0.717, 1.165) is 31.2 Å². The zero-order chi connectivity index (χ0) is 26.5. The number of hydrogen-bond acceptors (Lipinski definition) is 6. The molecule has 196 valence electrons. The predicted octanol–water partition coefficient (Wildman–Crippen LogP) is 3.95. The second-order valence-electron chi connectivity index (χ2n) is 9.41. The zero-order valence-electron chi connectivity index (χ0n) is 21.5. The van der Waals surface area contributed by atoms with Gasteiger partial charge in [-0.1, -0.05) is 60.5 Å². The average molecular weight is 514 g/mol. The summed E-state index contributed by atoms with van der Waals surface area (Å²) in [5, 5.41) is 14.7. The first-order valence-corrected chi connectivity index (χ1v) is 12.8. The monoisotopic (exact) mass is 513 g/mol. The first-order chi connectivity index (χ1) is 18.6. The summed E-state index contributed by atoms with van der Waals surface area (Å²) in [6.45, 7) is 0. The molecule has 1 aliphatic rings. The number of amides is 2. The number of carbonyl (C=O) groups excluding carboxylic acids is 2. The summed E-state index contributed by atoms with van der Waals surface area (Å²) in [5.74, 6) is 0.374. The molecule has 5 rings (SSSR count). The van der Waals surface area contributed by atoms with Gasteiger partial charge in [0, 0.05) is 12.1 Å². The molecule has 1 aliphatic carbocycles. The van der Waals surface area contributed by atoms with Crippen molar-refractivity contribution in [1.29, 1.82) is 0 Å². The molecule has 2 N–H and O–H groups in total. The Kier molecular flexibility index (Phi) is 7.53. The Morgan fingerprint density at radius 2 is 1.53 bits per heavy atom. The third-order valence-electron chi connectivity index (χ3n) is 6.94. The molecule has 1 heterocycles. The van der Waals surface area contributed by atoms with Crippen LogP contribution in [0.2, 0.25) is 0 Å². The highest BCUT2D eigenvalue weighted by Gasteiger charge is 2.32. The molecule has 1 saturated carbocycles. The van der Waals surface area contributed by atoms with Crippen LogP contribution in [0.15, 0.2) is 72.8 Å². The predicted molar refractivity (Wildman–Crippen MR) is 143 cm³/mol. The molecule has 1 fully saturated rings. The van der Waals surface area contributed by atoms with Gasteiger partial charge in [0.2, 0.25) is 11.8 Å². The molecule has 0 radical (unpaired) electrons. The van der Waals surface area contributed by atoms with Crippen LogP contribution in [0.3, 0.4) is 0 Å². The molecule has 3 aromatic carbocycles. The van der Waals surface area contributed by atoms with Gasteiger partial charge >= 0.3 is 0 Å². The number of ether oxygens (including phenoxy) is 2. The fourth-order valence-corrected chi connectivity index (χ4v) is 4.99. The molecule has 0 saturated heterocycles. The van der Waals surface area contributed by atoms with Crippen LogP contribution in [0.1, 0.15) is 48.9 Å². The molecular formula is C29H31N5O4. The Bertz CT molecular complexity index is 1390. The van der Waals surface area contributed by atoms with Crippen molar-refractivity contribution >= 4 is 22.8 Å². The van der Waals surface area contributed by atoms with E-state index in [1.807, 2.05) is 54.6 Å². The molecule has 9 heteroatoms. The van der Waals surface area contributed by atoms with Crippen LogP contribution in [0.25, 0.3) is 11.0 Å². The van der Waals surface area contributed by atoms with Gasteiger partial charge in [0.1, 0.15) is 23.1 Å². The van der Waals surface area contributed by atoms with Crippen LogP contribution in [0.5, 0.6) is 11.5 Å². The van der Waals surface area contributed by atoms with Gasteiger partial charge in [-0.2, -0.15) is 0 Å². The smallest absolute Gasteiger partial charge is 0.250 e. The van der Waals surface area contributed by atoms with Gasteiger partial charge in [0.05, 0.1) is 19.7 Å². The Hall–Kier alpha value is -4.40. The third kappa shape index (κ3) is 5.32. The molecule has 1 aromatic heterocycles. The summed E-state index contributed by atoms with van der Waals surface area (Å²) >= 11 is 0. The molecule has 0 spiro atoms. The minimum atomic E-state index is -0.979. The average Bonchev–Trinajstić information content (AvgIpc) is 3.62. The molecule has 38 heavy (non-hydrogen) atoms. The van der Waals surface area contributed by atoms with Crippen LogP contribution < -0.4 is 20.1 Å². The van der Waals surface area contributed by atoms with Gasteiger partial charge in [-0.15, -0.1) is 5.10 Å². The van der Waals surface area contributed by atoms with Crippen LogP contribution in [-0.4, -0.2) is 47.1 Å². The Labute approximate surface area is 221 Å². The SMILES string of the molecule is COc1cc(OC)cc([C@@H](NC(=O)[C@@H](c2ccccc2)n2nnc3ccccc32)C(=O)NC2CCCC2)c1. The zero-order valence-corrected chi connectivity index (χ0v) is 21.5. The van der Waals surface area contributed by atoms with Crippen molar-refractivity contribution in [1.82, 2.24) is 25.6 Å². The van der Waals surface area contributed by atoms with Crippen molar-refractivity contribution in [2.75, 3.05) is 14.2 Å². The molecule has 9 nitrogen and oxygen atoms in total. The van der Waals surface area contributed by atoms with Crippen molar-refractivity contribution in [2.45, 2.75) is 43.8 Å². The lowest BCUT2D eigenvalue weighted by Gasteiger charge is -2.25. The molecule has 2 atom stereocenters. The van der Waals surface area contributed by atoms with Crippen molar-refractivity contribution in [3.8, 4) is 11.5 Å². The first-order valence-electron chi connectivity index (χ1n) is 12.8. The van der Waals surface area contributed by atoms with Crippen molar-refractivity contribution in [3.05, 3.63) is 83.9 Å². The van der Waals surface area contributed by atoms with Gasteiger partial charge in [-0.3, -0.25) is 9.59 Å². The van der Waals surface area contributed by atoms with Gasteiger partial charge in [-0.25, -0.2) is 4.68 Å². The van der Waals surface area contributed by atoms with Crippen LogP contribution in [-0.2, 0) is 9.59 Å². The van der Waals surface area contributed by atoms with E-state index in [2.05, 4.69) is 20.9 Å². The lowest BCUT2D eigenvalue weighted by molar-refractivity contribution is -0.130. The standard InChI is InChI=1S/C29H31N5O4/c1-37-22-16-20(17-23(18-22)38-2)26(28(35)30-21-12-6-7-13-21)31-29(36)27(19-10-4-3-5-11-19)34-25-15-9-8-14-24(25)32-33-34/h3-5,8-11,14-18,21,26-27H,6-7,12-13H2,1-2H3,(H,30,35)(H,31,36)/t26-,27-/m1/s1. The number of methoxy groups -OCH3 is 2. The third-order valence-corrected chi connectivity index (χ3v) is 6.94. The minimum Gasteiger partial charge on any atom is -0.497 e. The summed E-state index contributed by atoms with van der Waals surface area (Å²) in [6.07, 6.45) is 3.99. The van der Waals surface area contributed by atoms with Gasteiger partial charge in [-0.05, 0) is 48.2 Å². The molecule has 4 aromatic rings. The van der Waals surface area contributed by atoms with E-state index in [4.69, 9.17) is 9.47 Å². The maximum absolute atomic E-state index is 14.1. The molecule has 2 amide bonds. The Balaban J connectivity index is 1.54. The van der Waals surface area contributed by atoms with E-state index in [-0.39, 0.29) is 17.9 Å². The van der Waals surface area contributed by atoms with Crippen LogP contribution >= 0.6 is 0 Å². The van der Waals surface area contributed by atoms with Gasteiger partial charge < -0.3 is 20.1 Å². The lowest BCUT2D eigenvalue weighted by Crippen LogP contribution is -2.45. The summed E-state index contributed by atoms with van der Waals surface area (Å²) < 4.78 is 12.5. The number of fused-ring (bicyclic) bond motifs is 1. The van der Waals surface area contributed by atoms with E-state index >= 15 is 0 Å². The number of nitrogens with one attached hydrogen (secondary N) is 2. The number of aromatic nitrogens is 3. The summed E-state index contributed by atoms with van der Waals surface area (Å²) in [6, 6.07) is 20.3. The number of para-hydroxylation sites is 1. The molecule has 0 bridgehead atoms. The summed E-state index contributed by atoms with van der Waals surface area (Å²) in [7, 11) is 3.10. The molecule has 0 unspecified atom stereocenters. The van der Waals surface area contributed by atoms with Crippen molar-refractivity contribution in [3.63, 3.8) is 0 Å². The van der Waals surface area contributed by atoms with Crippen molar-refractivity contribution < 1.29 is 19.1 Å². The fourth-order valence-electron chi connectivity index (χ4n) is 4.99. The quantitative estimate of drug-likeness (QED) is 0.351. The minimum absolute atomic E-state index is 0.0820. The number of carbonyl (C=O) groups is 2. The lowest BCUT2D eigenvalue weighted by atomic mass is 10.0. The van der Waals surface area contributed by atoms with Gasteiger partial charge in [0.15, 0.2) is 6.04 Å². The highest BCUT2D eigenvalue weighted by atomic mass is 16.5. The van der Waals surface area contributed by atoms with Gasteiger partial charge in [0.25, 0.3) is 0 Å². The topological polar surface area (TPSA) is 107 Å². The first kappa shape index (κ1) is 25.3. The highest BCUT2D eigenvalue weighted by molar-refractivity contribution is 5.92. The van der Waals surface area contributed by atoms with E-state index in [9.17, 15) is 9.59 Å². The second kappa shape index (κ2) is 11.3. The molecule has 0 aliphatic heterocycles. The van der Waals surface area contributed by atoms with E-state index in [1.54, 1.807) is 37.1 Å². The van der Waals surface area contributed by atoms with E-state index in [0.29, 0.717) is 28.1 Å². The van der Waals surface area contributed by atoms with E-state index < -0.39 is 12.1 Å². The van der Waals surface area contributed by atoms with E-state index in [1.165, 1.54) is 0 Å². The largest absolute Gasteiger partial charge is 0.497 e. The number of hydrogen-bond donors (Lipinski definition) is 2. The Morgan fingerprint density at radius 1 is 0.868 bits per heavy atom. The maximum atomic E-state index is 14.1. The number of rotatable bonds is 9. The normalized spacial score (nSPS) is 15.1. The molecular weight excluding hydrogens is 482 g/mol. The number of benzene rings is 3. The fraction of sp³-hybridized carbons (Fsp3) is 0.310. The highest BCUT2D eigenvalue weighted by Crippen LogP contribution is 2.29. The number of nitrogens with zero attached hydrogens (tertiary/aromatic N) is 3. The Morgan fingerprint density at radius 3 is 2.21 bits per heavy atom. The summed E-state index contributed by atoms with van der Waals surface area (Å²) in [4.78, 5) is 27.7. The second-order valence-corrected chi connectivity index (χ2v) is 9.41. The maximum Gasteiger partial charge on any atom is 0.250 e.